The van der Waals surface area contributed by atoms with Gasteiger partial charge in [0.05, 0.1) is 28.5 Å². The molecular formula is C16H16ClNO3S. The second kappa shape index (κ2) is 7.96. The van der Waals surface area contributed by atoms with Gasteiger partial charge in [-0.3, -0.25) is 9.00 Å². The number of methoxy groups -OCH3 is 1. The highest BCUT2D eigenvalue weighted by molar-refractivity contribution is 7.85. The van der Waals surface area contributed by atoms with Gasteiger partial charge in [-0.05, 0) is 24.3 Å². The van der Waals surface area contributed by atoms with E-state index in [0.717, 1.165) is 4.90 Å². The minimum atomic E-state index is -1.15. The third kappa shape index (κ3) is 4.08. The average molecular weight is 338 g/mol. The molecular weight excluding hydrogens is 322 g/mol. The lowest BCUT2D eigenvalue weighted by Gasteiger charge is -2.10. The standard InChI is InChI=1S/C16H16ClNO3S/c1-21-14-9-5-8-13(17)15(14)16(19)18-10-11-22(20)12-6-3-2-4-7-12/h2-9H,10-11H2,1H3,(H,18,19)/t22-/m1/s1. The third-order valence-corrected chi connectivity index (χ3v) is 4.69. The van der Waals surface area contributed by atoms with Crippen molar-refractivity contribution in [2.45, 2.75) is 4.90 Å². The van der Waals surface area contributed by atoms with Crippen LogP contribution in [0.1, 0.15) is 10.4 Å². The van der Waals surface area contributed by atoms with Crippen molar-refractivity contribution in [3.8, 4) is 5.75 Å². The predicted molar refractivity (Wildman–Crippen MR) is 88.1 cm³/mol. The summed E-state index contributed by atoms with van der Waals surface area (Å²) in [7, 11) is 0.331. The van der Waals surface area contributed by atoms with E-state index in [0.29, 0.717) is 16.5 Å². The lowest BCUT2D eigenvalue weighted by atomic mass is 10.2. The van der Waals surface area contributed by atoms with Crippen LogP contribution in [0.2, 0.25) is 5.02 Å². The molecule has 1 N–H and O–H groups in total. The lowest BCUT2D eigenvalue weighted by molar-refractivity contribution is 0.0953. The van der Waals surface area contributed by atoms with Crippen LogP contribution >= 0.6 is 11.6 Å². The Kier molecular flexibility index (Phi) is 5.98. The van der Waals surface area contributed by atoms with Gasteiger partial charge in [-0.2, -0.15) is 0 Å². The minimum Gasteiger partial charge on any atom is -0.496 e. The fourth-order valence-corrected chi connectivity index (χ4v) is 3.17. The first-order chi connectivity index (χ1) is 10.6. The van der Waals surface area contributed by atoms with Crippen molar-refractivity contribution in [2.75, 3.05) is 19.4 Å². The number of hydrogen-bond acceptors (Lipinski definition) is 3. The quantitative estimate of drug-likeness (QED) is 0.881. The van der Waals surface area contributed by atoms with E-state index in [1.54, 1.807) is 30.3 Å². The molecule has 0 unspecified atom stereocenters. The molecule has 116 valence electrons. The van der Waals surface area contributed by atoms with Crippen LogP contribution in [-0.4, -0.2) is 29.5 Å². The second-order valence-electron chi connectivity index (χ2n) is 4.44. The minimum absolute atomic E-state index is 0.286. The maximum Gasteiger partial charge on any atom is 0.256 e. The van der Waals surface area contributed by atoms with Gasteiger partial charge in [0.15, 0.2) is 0 Å². The Bertz CT molecular complexity index is 676. The van der Waals surface area contributed by atoms with Crippen LogP contribution in [0.5, 0.6) is 5.75 Å². The Hall–Kier alpha value is -1.85. The molecule has 1 atom stereocenters. The number of carbonyl (C=O) groups excluding carboxylic acids is 1. The Morgan fingerprint density at radius 2 is 1.91 bits per heavy atom. The summed E-state index contributed by atoms with van der Waals surface area (Å²) in [5.41, 5.74) is 0.289. The number of hydrogen-bond donors (Lipinski definition) is 1. The zero-order valence-electron chi connectivity index (χ0n) is 12.0. The molecule has 0 aliphatic rings. The third-order valence-electron chi connectivity index (χ3n) is 3.00. The van der Waals surface area contributed by atoms with E-state index in [1.165, 1.54) is 7.11 Å². The van der Waals surface area contributed by atoms with Crippen LogP contribution in [0.3, 0.4) is 0 Å². The number of rotatable bonds is 6. The molecule has 0 radical (unpaired) electrons. The zero-order valence-corrected chi connectivity index (χ0v) is 13.6. The van der Waals surface area contributed by atoms with Crippen molar-refractivity contribution < 1.29 is 13.7 Å². The second-order valence-corrected chi connectivity index (χ2v) is 6.41. The molecule has 0 aliphatic carbocycles. The molecule has 1 amide bonds. The van der Waals surface area contributed by atoms with E-state index in [9.17, 15) is 9.00 Å². The SMILES string of the molecule is COc1cccc(Cl)c1C(=O)NCC[S@@](=O)c1ccccc1. The van der Waals surface area contributed by atoms with E-state index in [4.69, 9.17) is 16.3 Å². The van der Waals surface area contributed by atoms with Crippen LogP contribution in [0.15, 0.2) is 53.4 Å². The van der Waals surface area contributed by atoms with Crippen LogP contribution in [0, 0.1) is 0 Å². The first-order valence-electron chi connectivity index (χ1n) is 6.67. The number of ether oxygens (including phenoxy) is 1. The molecule has 0 saturated carbocycles. The highest BCUT2D eigenvalue weighted by atomic mass is 35.5. The molecule has 6 heteroatoms. The molecule has 2 rings (SSSR count). The molecule has 2 aromatic rings. The summed E-state index contributed by atoms with van der Waals surface area (Å²) in [5.74, 6) is 0.407. The fourth-order valence-electron chi connectivity index (χ4n) is 1.93. The van der Waals surface area contributed by atoms with Gasteiger partial charge in [0.2, 0.25) is 0 Å². The smallest absolute Gasteiger partial charge is 0.256 e. The summed E-state index contributed by atoms with van der Waals surface area (Å²) < 4.78 is 17.2. The molecule has 0 spiro atoms. The van der Waals surface area contributed by atoms with Crippen LogP contribution in [0.25, 0.3) is 0 Å². The van der Waals surface area contributed by atoms with E-state index in [2.05, 4.69) is 5.32 Å². The number of amides is 1. The van der Waals surface area contributed by atoms with Gasteiger partial charge >= 0.3 is 0 Å². The van der Waals surface area contributed by atoms with Gasteiger partial charge in [0.1, 0.15) is 5.75 Å². The van der Waals surface area contributed by atoms with Crippen molar-refractivity contribution in [1.82, 2.24) is 5.32 Å². The molecule has 22 heavy (non-hydrogen) atoms. The molecule has 2 aromatic carbocycles. The van der Waals surface area contributed by atoms with Crippen molar-refractivity contribution in [3.05, 3.63) is 59.1 Å². The van der Waals surface area contributed by atoms with Gasteiger partial charge in [0.25, 0.3) is 5.91 Å². The highest BCUT2D eigenvalue weighted by Crippen LogP contribution is 2.25. The van der Waals surface area contributed by atoms with Gasteiger partial charge in [-0.25, -0.2) is 0 Å². The fraction of sp³-hybridized carbons (Fsp3) is 0.188. The Morgan fingerprint density at radius 1 is 1.18 bits per heavy atom. The van der Waals surface area contributed by atoms with Crippen molar-refractivity contribution in [1.29, 1.82) is 0 Å². The van der Waals surface area contributed by atoms with Gasteiger partial charge in [0, 0.05) is 17.2 Å². The monoisotopic (exact) mass is 337 g/mol. The van der Waals surface area contributed by atoms with E-state index in [1.807, 2.05) is 18.2 Å². The molecule has 0 saturated heterocycles. The summed E-state index contributed by atoms with van der Waals surface area (Å²) >= 11 is 6.04. The van der Waals surface area contributed by atoms with Crippen molar-refractivity contribution in [3.63, 3.8) is 0 Å². The number of benzene rings is 2. The number of halogens is 1. The topological polar surface area (TPSA) is 55.4 Å². The summed E-state index contributed by atoms with van der Waals surface area (Å²) in [6.45, 7) is 0.286. The van der Waals surface area contributed by atoms with Gasteiger partial charge in [-0.15, -0.1) is 0 Å². The summed E-state index contributed by atoms with van der Waals surface area (Å²) in [4.78, 5) is 12.9. The molecule has 0 aromatic heterocycles. The Balaban J connectivity index is 1.95. The largest absolute Gasteiger partial charge is 0.496 e. The molecule has 0 bridgehead atoms. The summed E-state index contributed by atoms with van der Waals surface area (Å²) in [6, 6.07) is 14.1. The van der Waals surface area contributed by atoms with Crippen LogP contribution in [0.4, 0.5) is 0 Å². The van der Waals surface area contributed by atoms with E-state index < -0.39 is 10.8 Å². The Labute approximate surface area is 136 Å². The summed E-state index contributed by atoms with van der Waals surface area (Å²) in [6.07, 6.45) is 0. The number of nitrogens with one attached hydrogen (secondary N) is 1. The molecule has 0 heterocycles. The van der Waals surface area contributed by atoms with Gasteiger partial charge < -0.3 is 10.1 Å². The Morgan fingerprint density at radius 3 is 2.59 bits per heavy atom. The predicted octanol–water partition coefficient (Wildman–Crippen LogP) is 2.89. The molecule has 0 fully saturated rings. The van der Waals surface area contributed by atoms with Crippen molar-refractivity contribution >= 4 is 28.3 Å². The van der Waals surface area contributed by atoms with Crippen LogP contribution in [-0.2, 0) is 10.8 Å². The first kappa shape index (κ1) is 16.5. The summed E-state index contributed by atoms with van der Waals surface area (Å²) in [5, 5.41) is 3.04. The van der Waals surface area contributed by atoms with E-state index >= 15 is 0 Å². The zero-order chi connectivity index (χ0) is 15.9. The average Bonchev–Trinajstić information content (AvgIpc) is 2.55. The van der Waals surface area contributed by atoms with Gasteiger partial charge in [-0.1, -0.05) is 35.9 Å². The first-order valence-corrected chi connectivity index (χ1v) is 8.37. The highest BCUT2D eigenvalue weighted by Gasteiger charge is 2.16. The van der Waals surface area contributed by atoms with Crippen LogP contribution < -0.4 is 10.1 Å². The number of carbonyl (C=O) groups is 1. The molecule has 0 aliphatic heterocycles. The normalized spacial score (nSPS) is 11.7. The van der Waals surface area contributed by atoms with Crippen molar-refractivity contribution in [2.24, 2.45) is 0 Å². The lowest BCUT2D eigenvalue weighted by Crippen LogP contribution is -2.28. The maximum absolute atomic E-state index is 12.2. The molecule has 4 nitrogen and oxygen atoms in total. The maximum atomic E-state index is 12.2. The van der Waals surface area contributed by atoms with E-state index in [-0.39, 0.29) is 18.0 Å².